The molecule has 2 aliphatic heterocycles. The molecule has 0 spiro atoms. The van der Waals surface area contributed by atoms with E-state index in [9.17, 15) is 38.4 Å². The molecule has 64 heavy (non-hydrogen) atoms. The van der Waals surface area contributed by atoms with Crippen molar-refractivity contribution in [3.63, 3.8) is 0 Å². The predicted molar refractivity (Wildman–Crippen MR) is 229 cm³/mol. The Labute approximate surface area is 365 Å². The number of nitrogens with one attached hydrogen (secondary N) is 4. The number of hydrogen-bond acceptors (Lipinski definition) is 12. The number of carbonyl (C=O) groups is 7. The number of imide groups is 2. The first-order valence-corrected chi connectivity index (χ1v) is 20.9. The van der Waals surface area contributed by atoms with Gasteiger partial charge in [0.05, 0.1) is 22.5 Å². The summed E-state index contributed by atoms with van der Waals surface area (Å²) in [7, 11) is 0. The van der Waals surface area contributed by atoms with E-state index in [1.54, 1.807) is 43.3 Å². The Balaban J connectivity index is 0.789. The minimum absolute atomic E-state index is 0.000553. The first-order valence-electron chi connectivity index (χ1n) is 20.9. The van der Waals surface area contributed by atoms with Crippen molar-refractivity contribution in [3.05, 3.63) is 117 Å². The van der Waals surface area contributed by atoms with Crippen LogP contribution in [0.2, 0.25) is 0 Å². The summed E-state index contributed by atoms with van der Waals surface area (Å²) in [6.45, 7) is 2.15. The van der Waals surface area contributed by atoms with Gasteiger partial charge in [-0.3, -0.25) is 43.8 Å². The van der Waals surface area contributed by atoms with Gasteiger partial charge < -0.3 is 25.1 Å². The summed E-state index contributed by atoms with van der Waals surface area (Å²) >= 11 is 0. The molecule has 5 aromatic rings. The fourth-order valence-corrected chi connectivity index (χ4v) is 7.62. The third kappa shape index (κ3) is 10.3. The fourth-order valence-electron chi connectivity index (χ4n) is 7.62. The highest BCUT2D eigenvalue weighted by Gasteiger charge is 2.45. The predicted octanol–water partition coefficient (Wildman–Crippen LogP) is 5.63. The number of ether oxygens (including phenoxy) is 1. The number of hydrogen-bond donors (Lipinski definition) is 4. The van der Waals surface area contributed by atoms with Crippen LogP contribution in [0.15, 0.2) is 82.3 Å². The molecule has 330 valence electrons. The number of anilines is 2. The van der Waals surface area contributed by atoms with Crippen molar-refractivity contribution in [2.75, 3.05) is 17.2 Å². The van der Waals surface area contributed by atoms with Gasteiger partial charge in [0.15, 0.2) is 0 Å². The molecule has 0 aliphatic carbocycles. The van der Waals surface area contributed by atoms with E-state index in [-0.39, 0.29) is 90.0 Å². The SMILES string of the molecule is Cc1c(Cc2cccc(NC(=O)CCCCCCCNC(=O)CCC(=O)Nc3cccc4c3C(=O)N(C3CCC(=O)NC3=O)C4=O)c2F)c(=O)oc2cc(Oc3ncccn3)ccc12. The summed E-state index contributed by atoms with van der Waals surface area (Å²) < 4.78 is 26.9. The van der Waals surface area contributed by atoms with E-state index in [1.807, 2.05) is 0 Å². The van der Waals surface area contributed by atoms with Crippen LogP contribution in [0, 0.1) is 12.7 Å². The van der Waals surface area contributed by atoms with Gasteiger partial charge in [-0.25, -0.2) is 19.2 Å². The van der Waals surface area contributed by atoms with E-state index in [2.05, 4.69) is 31.2 Å². The van der Waals surface area contributed by atoms with Crippen LogP contribution in [0.3, 0.4) is 0 Å². The summed E-state index contributed by atoms with van der Waals surface area (Å²) in [5.74, 6) is -4.18. The zero-order chi connectivity index (χ0) is 45.3. The third-order valence-corrected chi connectivity index (χ3v) is 11.0. The van der Waals surface area contributed by atoms with Crippen molar-refractivity contribution in [3.8, 4) is 11.8 Å². The molecule has 18 heteroatoms. The van der Waals surface area contributed by atoms with Crippen molar-refractivity contribution < 1.29 is 47.1 Å². The molecular formula is C46H44FN7O10. The Morgan fingerprint density at radius 2 is 1.53 bits per heavy atom. The fraction of sp³-hybridized carbons (Fsp3) is 0.304. The van der Waals surface area contributed by atoms with Gasteiger partial charge in [-0.15, -0.1) is 0 Å². The molecule has 0 radical (unpaired) electrons. The smallest absolute Gasteiger partial charge is 0.340 e. The maximum absolute atomic E-state index is 15.6. The highest BCUT2D eigenvalue weighted by atomic mass is 19.1. The van der Waals surface area contributed by atoms with E-state index >= 15 is 4.39 Å². The summed E-state index contributed by atoms with van der Waals surface area (Å²) in [4.78, 5) is 110. The lowest BCUT2D eigenvalue weighted by Gasteiger charge is -2.27. The first kappa shape index (κ1) is 44.4. The summed E-state index contributed by atoms with van der Waals surface area (Å²) in [6, 6.07) is 14.6. The highest BCUT2D eigenvalue weighted by Crippen LogP contribution is 2.33. The maximum atomic E-state index is 15.6. The average molecular weight is 874 g/mol. The number of amides is 7. The van der Waals surface area contributed by atoms with Crippen LogP contribution in [0.5, 0.6) is 11.8 Å². The van der Waals surface area contributed by atoms with E-state index < -0.39 is 47.0 Å². The quantitative estimate of drug-likeness (QED) is 0.0477. The topological polar surface area (TPSA) is 236 Å². The number of aryl methyl sites for hydroxylation is 1. The van der Waals surface area contributed by atoms with E-state index in [1.165, 1.54) is 36.7 Å². The largest absolute Gasteiger partial charge is 0.424 e. The Hall–Kier alpha value is -7.63. The molecule has 0 saturated carbocycles. The number of carbonyl (C=O) groups excluding carboxylic acids is 7. The van der Waals surface area contributed by atoms with Crippen molar-refractivity contribution >= 4 is 63.7 Å². The van der Waals surface area contributed by atoms with Gasteiger partial charge >= 0.3 is 11.6 Å². The molecule has 1 atom stereocenters. The van der Waals surface area contributed by atoms with Crippen molar-refractivity contribution in [2.24, 2.45) is 0 Å². The molecule has 3 aromatic carbocycles. The van der Waals surface area contributed by atoms with Crippen molar-refractivity contribution in [2.45, 2.75) is 83.6 Å². The van der Waals surface area contributed by atoms with Crippen LogP contribution < -0.4 is 31.6 Å². The van der Waals surface area contributed by atoms with Crippen LogP contribution >= 0.6 is 0 Å². The van der Waals surface area contributed by atoms with Crippen molar-refractivity contribution in [1.29, 1.82) is 0 Å². The van der Waals surface area contributed by atoms with E-state index in [4.69, 9.17) is 9.15 Å². The van der Waals surface area contributed by atoms with Crippen LogP contribution in [0.1, 0.15) is 102 Å². The summed E-state index contributed by atoms with van der Waals surface area (Å²) in [6.07, 6.45) is 6.42. The number of rotatable bonds is 18. The number of unbranched alkanes of at least 4 members (excludes halogenated alkanes) is 4. The minimum Gasteiger partial charge on any atom is -0.424 e. The Bertz CT molecular complexity index is 2720. The van der Waals surface area contributed by atoms with Gasteiger partial charge in [-0.2, -0.15) is 0 Å². The number of nitrogens with zero attached hydrogens (tertiary/aromatic N) is 3. The second-order valence-electron chi connectivity index (χ2n) is 15.4. The normalized spacial score (nSPS) is 14.6. The Kier molecular flexibility index (Phi) is 13.9. The van der Waals surface area contributed by atoms with Crippen LogP contribution in [-0.4, -0.2) is 68.8 Å². The Morgan fingerprint density at radius 1 is 0.828 bits per heavy atom. The molecular weight excluding hydrogens is 830 g/mol. The lowest BCUT2D eigenvalue weighted by Crippen LogP contribution is -2.54. The monoisotopic (exact) mass is 873 g/mol. The molecule has 0 bridgehead atoms. The standard InChI is InChI=1S/C46H44FN7O10/c1-26-29-16-15-28(63-46-49-22-9-23-50-46)25-35(29)64-45(62)31(26)24-27-10-7-13-33(41(27)47)52-37(56)14-5-3-2-4-6-21-48-36(55)19-20-38(57)51-32-12-8-11-30-40(32)44(61)54(43(30)60)34-17-18-39(58)53-42(34)59/h7-13,15-16,22-23,25,34H,2-6,14,17-21,24H2,1H3,(H,48,55)(H,51,57)(H,52,56)(H,53,58,59). The molecule has 7 rings (SSSR count). The molecule has 7 amide bonds. The Morgan fingerprint density at radius 3 is 2.33 bits per heavy atom. The van der Waals surface area contributed by atoms with Crippen LogP contribution in [0.25, 0.3) is 11.0 Å². The molecule has 1 fully saturated rings. The second kappa shape index (κ2) is 20.0. The molecule has 1 saturated heterocycles. The van der Waals surface area contributed by atoms with Gasteiger partial charge in [0, 0.05) is 68.1 Å². The number of benzene rings is 3. The zero-order valence-corrected chi connectivity index (χ0v) is 34.8. The zero-order valence-electron chi connectivity index (χ0n) is 34.8. The van der Waals surface area contributed by atoms with Gasteiger partial charge in [-0.1, -0.05) is 37.5 Å². The maximum Gasteiger partial charge on any atom is 0.340 e. The van der Waals surface area contributed by atoms with Crippen molar-refractivity contribution in [1.82, 2.24) is 25.5 Å². The van der Waals surface area contributed by atoms with Gasteiger partial charge in [0.2, 0.25) is 29.5 Å². The number of halogens is 1. The molecule has 4 heterocycles. The van der Waals surface area contributed by atoms with Crippen LogP contribution in [-0.2, 0) is 30.4 Å². The first-order chi connectivity index (χ1) is 30.9. The van der Waals surface area contributed by atoms with E-state index in [0.717, 1.165) is 24.2 Å². The lowest BCUT2D eigenvalue weighted by molar-refractivity contribution is -0.136. The molecule has 17 nitrogen and oxygen atoms in total. The lowest BCUT2D eigenvalue weighted by atomic mass is 9.99. The molecule has 2 aromatic heterocycles. The second-order valence-corrected chi connectivity index (χ2v) is 15.4. The summed E-state index contributed by atoms with van der Waals surface area (Å²) in [5, 5.41) is 10.8. The van der Waals surface area contributed by atoms with Gasteiger partial charge in [0.1, 0.15) is 23.2 Å². The van der Waals surface area contributed by atoms with E-state index in [0.29, 0.717) is 41.7 Å². The minimum atomic E-state index is -1.14. The highest BCUT2D eigenvalue weighted by molar-refractivity contribution is 6.26. The molecule has 1 unspecified atom stereocenters. The third-order valence-electron chi connectivity index (χ3n) is 11.0. The molecule has 2 aliphatic rings. The van der Waals surface area contributed by atoms with Gasteiger partial charge in [-0.05, 0) is 73.7 Å². The number of fused-ring (bicyclic) bond motifs is 2. The summed E-state index contributed by atoms with van der Waals surface area (Å²) in [5.41, 5.74) is 0.869. The van der Waals surface area contributed by atoms with Crippen LogP contribution in [0.4, 0.5) is 15.8 Å². The van der Waals surface area contributed by atoms with Gasteiger partial charge in [0.25, 0.3) is 11.8 Å². The average Bonchev–Trinajstić information content (AvgIpc) is 3.52. The number of aromatic nitrogens is 2. The number of piperidine rings is 1. The molecule has 4 N–H and O–H groups in total.